The lowest BCUT2D eigenvalue weighted by atomic mass is 10.1. The highest BCUT2D eigenvalue weighted by Gasteiger charge is 2.13. The van der Waals surface area contributed by atoms with E-state index in [1.54, 1.807) is 0 Å². The minimum absolute atomic E-state index is 0.0496. The van der Waals surface area contributed by atoms with Gasteiger partial charge in [-0.2, -0.15) is 0 Å². The van der Waals surface area contributed by atoms with Crippen LogP contribution in [-0.4, -0.2) is 10.2 Å². The lowest BCUT2D eigenvalue weighted by molar-refractivity contribution is 0.511. The molecule has 94 valence electrons. The van der Waals surface area contributed by atoms with Crippen molar-refractivity contribution in [3.05, 3.63) is 59.3 Å². The van der Waals surface area contributed by atoms with Gasteiger partial charge in [-0.3, -0.25) is 0 Å². The molecule has 0 fully saturated rings. The van der Waals surface area contributed by atoms with E-state index < -0.39 is 11.6 Å². The van der Waals surface area contributed by atoms with Crippen molar-refractivity contribution < 1.29 is 8.78 Å². The summed E-state index contributed by atoms with van der Waals surface area (Å²) in [5, 5.41) is 8.58. The summed E-state index contributed by atoms with van der Waals surface area (Å²) >= 11 is 5.88. The van der Waals surface area contributed by atoms with Crippen molar-refractivity contribution in [3.63, 3.8) is 0 Å². The van der Waals surface area contributed by atoms with Crippen LogP contribution in [0.4, 0.5) is 8.78 Å². The van der Waals surface area contributed by atoms with Gasteiger partial charge in [-0.05, 0) is 12.1 Å². The zero-order chi connectivity index (χ0) is 13.4. The summed E-state index contributed by atoms with van der Waals surface area (Å²) in [4.78, 5) is 0. The van der Waals surface area contributed by atoms with Crippen LogP contribution in [-0.2, 0) is 0 Å². The van der Waals surface area contributed by atoms with E-state index in [0.717, 1.165) is 17.7 Å². The molecule has 2 nitrogen and oxygen atoms in total. The fraction of sp³-hybridized carbons (Fsp3) is 0. The number of hydrogen-bond acceptors (Lipinski definition) is 2. The van der Waals surface area contributed by atoms with Crippen LogP contribution in [0.3, 0.4) is 0 Å². The van der Waals surface area contributed by atoms with Gasteiger partial charge >= 0.3 is 0 Å². The van der Waals surface area contributed by atoms with E-state index in [1.807, 2.05) is 30.3 Å². The first-order valence-electron chi connectivity index (χ1n) is 5.53. The molecule has 1 aromatic heterocycles. The molecule has 0 saturated heterocycles. The summed E-state index contributed by atoms with van der Waals surface area (Å²) in [7, 11) is 0. The maximum absolute atomic E-state index is 13.4. The monoisotopic (exact) mass is 276 g/mol. The first-order chi connectivity index (χ1) is 9.16. The van der Waals surface area contributed by atoms with Crippen LogP contribution in [0.25, 0.3) is 22.0 Å². The van der Waals surface area contributed by atoms with E-state index in [-0.39, 0.29) is 5.15 Å². The number of halogens is 3. The Labute approximate surface area is 112 Å². The molecule has 0 aliphatic carbocycles. The fourth-order valence-electron chi connectivity index (χ4n) is 1.92. The summed E-state index contributed by atoms with van der Waals surface area (Å²) in [6.45, 7) is 0. The van der Waals surface area contributed by atoms with Crippen molar-refractivity contribution in [3.8, 4) is 11.3 Å². The van der Waals surface area contributed by atoms with Gasteiger partial charge in [0.05, 0.1) is 0 Å². The second-order valence-corrected chi connectivity index (χ2v) is 4.38. The van der Waals surface area contributed by atoms with Crippen LogP contribution in [0.5, 0.6) is 0 Å². The first kappa shape index (κ1) is 12.0. The second-order valence-electron chi connectivity index (χ2n) is 4.02. The summed E-state index contributed by atoms with van der Waals surface area (Å²) in [5.74, 6) is -1.89. The Morgan fingerprint density at radius 3 is 2.16 bits per heavy atom. The average molecular weight is 277 g/mol. The highest BCUT2D eigenvalue weighted by molar-refractivity contribution is 6.34. The van der Waals surface area contributed by atoms with Gasteiger partial charge in [-0.25, -0.2) is 8.78 Å². The molecule has 0 radical (unpaired) electrons. The Bertz CT molecular complexity index is 760. The molecule has 1 heterocycles. The van der Waals surface area contributed by atoms with Gasteiger partial charge in [-0.15, -0.1) is 10.2 Å². The Balaban J connectivity index is 2.38. The third-order valence-electron chi connectivity index (χ3n) is 2.82. The molecule has 19 heavy (non-hydrogen) atoms. The molecule has 2 aromatic carbocycles. The molecule has 0 amide bonds. The molecule has 0 saturated carbocycles. The van der Waals surface area contributed by atoms with Crippen LogP contribution in [0.2, 0.25) is 5.15 Å². The number of rotatable bonds is 1. The van der Waals surface area contributed by atoms with Gasteiger partial charge in [0, 0.05) is 16.3 Å². The third kappa shape index (κ3) is 2.04. The minimum Gasteiger partial charge on any atom is -0.204 e. The van der Waals surface area contributed by atoms with Gasteiger partial charge < -0.3 is 0 Å². The van der Waals surface area contributed by atoms with Crippen molar-refractivity contribution in [2.45, 2.75) is 0 Å². The van der Waals surface area contributed by atoms with E-state index in [0.29, 0.717) is 16.5 Å². The molecule has 0 aliphatic rings. The first-order valence-corrected chi connectivity index (χ1v) is 5.91. The van der Waals surface area contributed by atoms with E-state index in [2.05, 4.69) is 10.2 Å². The maximum Gasteiger partial charge on any atom is 0.159 e. The van der Waals surface area contributed by atoms with Crippen LogP contribution < -0.4 is 0 Å². The van der Waals surface area contributed by atoms with Crippen molar-refractivity contribution in [1.82, 2.24) is 10.2 Å². The standard InChI is InChI=1S/C14H7ClF2N2/c15-14-10-7-12(17)11(16)6-9(10)13(18-19-14)8-4-2-1-3-5-8/h1-7H. The van der Waals surface area contributed by atoms with Gasteiger partial charge in [0.1, 0.15) is 5.69 Å². The van der Waals surface area contributed by atoms with Crippen LogP contribution in [0, 0.1) is 11.6 Å². The predicted octanol–water partition coefficient (Wildman–Crippen LogP) is 4.23. The summed E-state index contributed by atoms with van der Waals surface area (Å²) in [6, 6.07) is 11.3. The van der Waals surface area contributed by atoms with Crippen molar-refractivity contribution in [2.24, 2.45) is 0 Å². The lowest BCUT2D eigenvalue weighted by Gasteiger charge is -2.06. The molecule has 3 aromatic rings. The molecule has 0 atom stereocenters. The number of hydrogen-bond donors (Lipinski definition) is 0. The Hall–Kier alpha value is -2.07. The van der Waals surface area contributed by atoms with Crippen molar-refractivity contribution >= 4 is 22.4 Å². The molecular formula is C14H7ClF2N2. The Kier molecular flexibility index (Phi) is 2.87. The zero-order valence-electron chi connectivity index (χ0n) is 9.57. The smallest absolute Gasteiger partial charge is 0.159 e. The number of nitrogens with zero attached hydrogens (tertiary/aromatic N) is 2. The number of aromatic nitrogens is 2. The predicted molar refractivity (Wildman–Crippen MR) is 69.9 cm³/mol. The zero-order valence-corrected chi connectivity index (χ0v) is 10.3. The number of fused-ring (bicyclic) bond motifs is 1. The molecule has 0 spiro atoms. The lowest BCUT2D eigenvalue weighted by Crippen LogP contribution is -1.94. The SMILES string of the molecule is Fc1cc2c(Cl)nnc(-c3ccccc3)c2cc1F. The van der Waals surface area contributed by atoms with Crippen LogP contribution in [0.15, 0.2) is 42.5 Å². The number of benzene rings is 2. The third-order valence-corrected chi connectivity index (χ3v) is 3.10. The van der Waals surface area contributed by atoms with E-state index >= 15 is 0 Å². The molecule has 0 aliphatic heterocycles. The second kappa shape index (κ2) is 4.55. The highest BCUT2D eigenvalue weighted by atomic mass is 35.5. The Morgan fingerprint density at radius 1 is 0.842 bits per heavy atom. The van der Waals surface area contributed by atoms with E-state index in [4.69, 9.17) is 11.6 Å². The molecule has 0 bridgehead atoms. The van der Waals surface area contributed by atoms with Crippen molar-refractivity contribution in [2.75, 3.05) is 0 Å². The van der Waals surface area contributed by atoms with Gasteiger partial charge in [0.2, 0.25) is 0 Å². The van der Waals surface area contributed by atoms with Crippen LogP contribution in [0.1, 0.15) is 0 Å². The highest BCUT2D eigenvalue weighted by Crippen LogP contribution is 2.30. The maximum atomic E-state index is 13.4. The molecule has 0 unspecified atom stereocenters. The Morgan fingerprint density at radius 2 is 1.47 bits per heavy atom. The van der Waals surface area contributed by atoms with Crippen LogP contribution >= 0.6 is 11.6 Å². The molecule has 5 heteroatoms. The average Bonchev–Trinajstić information content (AvgIpc) is 2.42. The quantitative estimate of drug-likeness (QED) is 0.665. The van der Waals surface area contributed by atoms with Gasteiger partial charge in [0.25, 0.3) is 0 Å². The van der Waals surface area contributed by atoms with E-state index in [9.17, 15) is 8.78 Å². The molecule has 3 rings (SSSR count). The fourth-order valence-corrected chi connectivity index (χ4v) is 2.12. The van der Waals surface area contributed by atoms with Gasteiger partial charge in [0.15, 0.2) is 16.8 Å². The summed E-state index contributed by atoms with van der Waals surface area (Å²) in [5.41, 5.74) is 1.24. The van der Waals surface area contributed by atoms with E-state index in [1.165, 1.54) is 0 Å². The van der Waals surface area contributed by atoms with Crippen molar-refractivity contribution in [1.29, 1.82) is 0 Å². The topological polar surface area (TPSA) is 25.8 Å². The summed E-state index contributed by atoms with van der Waals surface area (Å²) in [6.07, 6.45) is 0. The minimum atomic E-state index is -0.957. The molecular weight excluding hydrogens is 270 g/mol. The largest absolute Gasteiger partial charge is 0.204 e. The molecule has 0 N–H and O–H groups in total. The normalized spacial score (nSPS) is 10.9. The van der Waals surface area contributed by atoms with Gasteiger partial charge in [-0.1, -0.05) is 41.9 Å². The summed E-state index contributed by atoms with van der Waals surface area (Å²) < 4.78 is 26.7.